The van der Waals surface area contributed by atoms with Gasteiger partial charge in [0.25, 0.3) is 0 Å². The van der Waals surface area contributed by atoms with E-state index in [0.717, 1.165) is 57.4 Å². The van der Waals surface area contributed by atoms with Crippen molar-refractivity contribution in [3.05, 3.63) is 446 Å². The summed E-state index contributed by atoms with van der Waals surface area (Å²) in [4.78, 5) is 32.9. The SMILES string of the molecule is Cc1cc(N)ccc1-c1ccc(N)cc1C(F)(F)F.Cc1cc(N)ccc1-c1ccc(N)cc1OC(F)(F)F.Cc1cc(N)ccc1Oc1ccc(N)cc1C(F)(F)F.Nc1cc(N)cc(C(=O)O)c1.Nc1ccc(-c2ccc(N)cc2C(=O)O)c(C(=O)O)c1.Nc1ccc(C2(c3ccc(N)c(F)c3)c3ccccc3-c3ccccc32)cc1F.Nc1ccc(C2(c3ccc(N)cc3)c3ccccc3-c3ccccc32)cc1. The Morgan fingerprint density at radius 2 is 0.555 bits per heavy atom. The van der Waals surface area contributed by atoms with Crippen molar-refractivity contribution in [1.29, 1.82) is 0 Å². The van der Waals surface area contributed by atoms with Crippen molar-refractivity contribution in [3.63, 3.8) is 0 Å². The molecule has 17 aromatic carbocycles. The number of benzene rings is 17. The molecule has 0 heterocycles. The van der Waals surface area contributed by atoms with E-state index >= 15 is 0 Å². The van der Waals surface area contributed by atoms with Crippen molar-refractivity contribution >= 4 is 97.5 Å². The summed E-state index contributed by atoms with van der Waals surface area (Å²) in [5.74, 6) is -4.69. The van der Waals surface area contributed by atoms with Crippen molar-refractivity contribution in [3.8, 4) is 72.9 Å². The molecule has 0 amide bonds. The quantitative estimate of drug-likeness (QED) is 0.0376. The predicted octanol–water partition coefficient (Wildman–Crippen LogP) is 24.7. The highest BCUT2D eigenvalue weighted by Gasteiger charge is 2.48. The van der Waals surface area contributed by atoms with Crippen LogP contribution < -0.4 is 89.7 Å². The summed E-state index contributed by atoms with van der Waals surface area (Å²) in [6.07, 6.45) is -13.8. The molecule has 2 aliphatic rings. The fourth-order valence-electron chi connectivity index (χ4n) is 17.5. The van der Waals surface area contributed by atoms with Crippen LogP contribution in [0.1, 0.15) is 103 Å². The van der Waals surface area contributed by atoms with Crippen LogP contribution in [-0.4, -0.2) is 39.6 Å². The topological polar surface area (TPSA) is 495 Å². The van der Waals surface area contributed by atoms with E-state index in [0.29, 0.717) is 84.5 Å². The lowest BCUT2D eigenvalue weighted by Crippen LogP contribution is -2.29. The van der Waals surface area contributed by atoms with Gasteiger partial charge in [-0.1, -0.05) is 164 Å². The van der Waals surface area contributed by atoms with Crippen molar-refractivity contribution < 1.29 is 87.5 Å². The van der Waals surface area contributed by atoms with Crippen LogP contribution in [0.25, 0.3) is 55.6 Å². The molecule has 19 rings (SSSR count). The minimum absolute atomic E-state index is 0.0266. The number of hydrogen-bond donors (Lipinski definition) is 17. The van der Waals surface area contributed by atoms with E-state index < -0.39 is 64.8 Å². The molecule has 0 unspecified atom stereocenters. The van der Waals surface area contributed by atoms with Gasteiger partial charge < -0.3 is 105 Å². The zero-order chi connectivity index (χ0) is 106. The molecule has 146 heavy (non-hydrogen) atoms. The summed E-state index contributed by atoms with van der Waals surface area (Å²) in [6.45, 7) is 5.19. The van der Waals surface area contributed by atoms with Crippen LogP contribution in [0, 0.1) is 32.4 Å². The molecule has 0 atom stereocenters. The molecule has 0 fully saturated rings. The van der Waals surface area contributed by atoms with Crippen LogP contribution in [0.15, 0.2) is 346 Å². The fraction of sp³-hybridized carbons (Fsp3) is 0.0708. The molecule has 2 aliphatic carbocycles. The number of rotatable bonds is 13. The maximum absolute atomic E-state index is 14.6. The molecular formula is C113H97F11N14O8. The summed E-state index contributed by atoms with van der Waals surface area (Å²) < 4.78 is 154. The molecule has 31 N–H and O–H groups in total. The second kappa shape index (κ2) is 43.1. The van der Waals surface area contributed by atoms with Gasteiger partial charge in [-0.05, 0) is 308 Å². The first-order valence-electron chi connectivity index (χ1n) is 44.3. The minimum atomic E-state index is -4.77. The van der Waals surface area contributed by atoms with Crippen molar-refractivity contribution in [2.24, 2.45) is 0 Å². The number of nitrogens with two attached hydrogens (primary N) is 14. The fourth-order valence-corrected chi connectivity index (χ4v) is 17.5. The van der Waals surface area contributed by atoms with E-state index in [4.69, 9.17) is 90.1 Å². The Labute approximate surface area is 830 Å². The number of aryl methyl sites for hydroxylation is 3. The molecule has 17 aromatic rings. The second-order valence-corrected chi connectivity index (χ2v) is 33.9. The summed E-state index contributed by atoms with van der Waals surface area (Å²) in [6, 6.07) is 98.1. The smallest absolute Gasteiger partial charge is 0.478 e. The number of hydrogen-bond acceptors (Lipinski definition) is 19. The van der Waals surface area contributed by atoms with Crippen LogP contribution in [0.3, 0.4) is 0 Å². The maximum atomic E-state index is 14.6. The number of carbonyl (C=O) groups is 3. The van der Waals surface area contributed by atoms with Crippen LogP contribution >= 0.6 is 0 Å². The highest BCUT2D eigenvalue weighted by Crippen LogP contribution is 2.59. The molecule has 33 heteroatoms. The van der Waals surface area contributed by atoms with Gasteiger partial charge in [0.2, 0.25) is 0 Å². The molecule has 744 valence electrons. The van der Waals surface area contributed by atoms with Crippen molar-refractivity contribution in [2.45, 2.75) is 50.3 Å². The largest absolute Gasteiger partial charge is 0.573 e. The van der Waals surface area contributed by atoms with Gasteiger partial charge in [0.1, 0.15) is 34.4 Å². The van der Waals surface area contributed by atoms with Crippen molar-refractivity contribution in [1.82, 2.24) is 0 Å². The number of ether oxygens (including phenoxy) is 2. The molecule has 0 saturated carbocycles. The monoisotopic (exact) mass is 1990 g/mol. The lowest BCUT2D eigenvalue weighted by Gasteiger charge is -2.34. The van der Waals surface area contributed by atoms with Gasteiger partial charge in [-0.15, -0.1) is 13.2 Å². The molecule has 0 bridgehead atoms. The third kappa shape index (κ3) is 23.2. The molecule has 0 aliphatic heterocycles. The Bertz CT molecular complexity index is 7510. The highest BCUT2D eigenvalue weighted by atomic mass is 19.4. The van der Waals surface area contributed by atoms with E-state index in [1.54, 1.807) is 81.4 Å². The van der Waals surface area contributed by atoms with Gasteiger partial charge in [0.15, 0.2) is 0 Å². The number of aromatic carboxylic acids is 3. The molecule has 0 radical (unpaired) electrons. The Morgan fingerprint density at radius 3 is 0.911 bits per heavy atom. The maximum Gasteiger partial charge on any atom is 0.573 e. The molecular weight excluding hydrogens is 1890 g/mol. The molecule has 0 saturated heterocycles. The summed E-state index contributed by atoms with van der Waals surface area (Å²) in [7, 11) is 0. The second-order valence-electron chi connectivity index (χ2n) is 33.9. The van der Waals surface area contributed by atoms with Crippen LogP contribution in [-0.2, 0) is 23.2 Å². The minimum Gasteiger partial charge on any atom is -0.478 e. The van der Waals surface area contributed by atoms with Gasteiger partial charge in [-0.25, -0.2) is 23.2 Å². The standard InChI is InChI=1S/C25H18F2N2.C25H20N2.2C14H13F3N2O.C14H13F3N2.C14H12N2O4.C7H8N2O2/c26-21-13-15(9-11-23(21)28)25(16-10-12-24(29)22(27)14-16)19-7-3-1-5-17(19)18-6-2-4-8-20(18)25;26-19-13-9-17(10-14-19)25(18-11-15-20(27)16-12-18)23-7-3-1-5-21(23)22-6-2-4-8-24(22)25;1-8-6-9(18)2-4-12(8)20-13-5-3-10(19)7-11(13)14(15,16)17;1-8-6-9(18)2-4-11(8)12-5-3-10(19)7-13(12)20-14(15,16)17;1-8-6-9(18)2-4-11(8)12-5-3-10(19)7-13(12)14(15,16)17;15-7-1-3-9(11(5-7)13(17)18)10-4-2-8(16)6-12(10)14(19)20;8-5-1-4(7(10)11)2-6(9)3-5/h1-14H,28-29H2;1-16H,26-27H2;2*2-7H,18-19H2,1H3;2-7H,18-19H2,1H3;1-6H,15-16H2,(H,17,18)(H,19,20);1-3H,8-9H2,(H,10,11). The number of halogens is 11. The zero-order valence-electron chi connectivity index (χ0n) is 78.0. The van der Waals surface area contributed by atoms with Crippen LogP contribution in [0.4, 0.5) is 128 Å². The third-order valence-corrected chi connectivity index (χ3v) is 23.9. The van der Waals surface area contributed by atoms with Gasteiger partial charge in [-0.2, -0.15) is 26.3 Å². The van der Waals surface area contributed by atoms with Crippen molar-refractivity contribution in [2.75, 3.05) is 80.3 Å². The lowest BCUT2D eigenvalue weighted by atomic mass is 9.67. The van der Waals surface area contributed by atoms with Gasteiger partial charge >= 0.3 is 36.6 Å². The average molecular weight is 1990 g/mol. The average Bonchev–Trinajstić information content (AvgIpc) is 1.54. The summed E-state index contributed by atoms with van der Waals surface area (Å²) in [5, 5.41) is 26.9. The first-order chi connectivity index (χ1) is 69.0. The lowest BCUT2D eigenvalue weighted by molar-refractivity contribution is -0.274. The van der Waals surface area contributed by atoms with E-state index in [-0.39, 0.29) is 78.7 Å². The molecule has 0 spiro atoms. The van der Waals surface area contributed by atoms with E-state index in [1.807, 2.05) is 84.9 Å². The van der Waals surface area contributed by atoms with Gasteiger partial charge in [-0.3, -0.25) is 0 Å². The third-order valence-electron chi connectivity index (χ3n) is 23.9. The Kier molecular flexibility index (Phi) is 30.9. The highest BCUT2D eigenvalue weighted by molar-refractivity contribution is 6.03. The number of nitrogen functional groups attached to an aromatic ring is 14. The molecule has 22 nitrogen and oxygen atoms in total. The first-order valence-corrected chi connectivity index (χ1v) is 44.3. The summed E-state index contributed by atoms with van der Waals surface area (Å²) in [5.41, 5.74) is 97.6. The number of carboxylic acid groups (broad SMARTS) is 3. The van der Waals surface area contributed by atoms with Gasteiger partial charge in [0.05, 0.1) is 44.5 Å². The van der Waals surface area contributed by atoms with E-state index in [2.05, 4.69) is 77.5 Å². The Morgan fingerprint density at radius 1 is 0.253 bits per heavy atom. The van der Waals surface area contributed by atoms with E-state index in [1.165, 1.54) is 143 Å². The zero-order valence-corrected chi connectivity index (χ0v) is 78.0. The van der Waals surface area contributed by atoms with E-state index in [9.17, 15) is 72.9 Å². The first kappa shape index (κ1) is 105. The normalized spacial score (nSPS) is 12.0. The number of anilines is 14. The Balaban J connectivity index is 0.000000145. The predicted molar refractivity (Wildman–Crippen MR) is 556 cm³/mol. The summed E-state index contributed by atoms with van der Waals surface area (Å²) >= 11 is 0. The number of fused-ring (bicyclic) bond motifs is 6. The molecule has 0 aromatic heterocycles. The number of alkyl halides is 9. The van der Waals surface area contributed by atoms with Crippen LogP contribution in [0.5, 0.6) is 17.2 Å². The number of carboxylic acids is 3. The van der Waals surface area contributed by atoms with Gasteiger partial charge in [0, 0.05) is 79.9 Å². The Hall–Kier alpha value is -18.8. The van der Waals surface area contributed by atoms with Crippen LogP contribution in [0.2, 0.25) is 0 Å².